The van der Waals surface area contributed by atoms with Gasteiger partial charge < -0.3 is 10.6 Å². The molecule has 0 aliphatic carbocycles. The Kier molecular flexibility index (Phi) is 4.65. The number of carbonyl (C=O) groups excluding carboxylic acids is 1. The Hall–Kier alpha value is -1.72. The molecule has 1 aromatic heterocycles. The molecular weight excluding hydrogens is 258 g/mol. The lowest BCUT2D eigenvalue weighted by molar-refractivity contribution is -0.115. The van der Waals surface area contributed by atoms with E-state index in [1.807, 2.05) is 44.3 Å². The van der Waals surface area contributed by atoms with E-state index in [0.717, 1.165) is 15.6 Å². The van der Waals surface area contributed by atoms with Gasteiger partial charge in [0.15, 0.2) is 0 Å². The molecule has 4 nitrogen and oxygen atoms in total. The van der Waals surface area contributed by atoms with Crippen LogP contribution in [0.15, 0.2) is 30.5 Å². The standard InChI is InChI=1S/C14H17N3OS/c1-10-3-5-12(6-4-10)17-14(18)9-15-7-13-8-16-11(2)19-13/h3-6,8,15H,7,9H2,1-2H3,(H,17,18). The Labute approximate surface area is 116 Å². The maximum atomic E-state index is 11.7. The van der Waals surface area contributed by atoms with E-state index >= 15 is 0 Å². The van der Waals surface area contributed by atoms with Crippen molar-refractivity contribution in [3.8, 4) is 0 Å². The van der Waals surface area contributed by atoms with E-state index in [-0.39, 0.29) is 5.91 Å². The smallest absolute Gasteiger partial charge is 0.238 e. The van der Waals surface area contributed by atoms with Crippen LogP contribution in [0.4, 0.5) is 5.69 Å². The minimum atomic E-state index is -0.0370. The lowest BCUT2D eigenvalue weighted by atomic mass is 10.2. The van der Waals surface area contributed by atoms with Crippen LogP contribution in [0.25, 0.3) is 0 Å². The molecule has 1 heterocycles. The van der Waals surface area contributed by atoms with Gasteiger partial charge in [-0.3, -0.25) is 4.79 Å². The highest BCUT2D eigenvalue weighted by Crippen LogP contribution is 2.11. The molecule has 2 aromatic rings. The van der Waals surface area contributed by atoms with Crippen molar-refractivity contribution >= 4 is 22.9 Å². The first-order chi connectivity index (χ1) is 9.13. The van der Waals surface area contributed by atoms with Gasteiger partial charge in [0.2, 0.25) is 5.91 Å². The number of benzene rings is 1. The largest absolute Gasteiger partial charge is 0.325 e. The quantitative estimate of drug-likeness (QED) is 0.881. The normalized spacial score (nSPS) is 10.4. The fourth-order valence-corrected chi connectivity index (χ4v) is 2.39. The van der Waals surface area contributed by atoms with E-state index < -0.39 is 0 Å². The van der Waals surface area contributed by atoms with Gasteiger partial charge in [0.25, 0.3) is 0 Å². The van der Waals surface area contributed by atoms with E-state index in [9.17, 15) is 4.79 Å². The number of anilines is 1. The Balaban J connectivity index is 1.74. The van der Waals surface area contributed by atoms with Gasteiger partial charge in [-0.1, -0.05) is 17.7 Å². The summed E-state index contributed by atoms with van der Waals surface area (Å²) in [6, 6.07) is 7.76. The van der Waals surface area contributed by atoms with Crippen LogP contribution in [-0.2, 0) is 11.3 Å². The van der Waals surface area contributed by atoms with Crippen molar-refractivity contribution in [3.05, 3.63) is 45.9 Å². The predicted octanol–water partition coefficient (Wildman–Crippen LogP) is 2.49. The highest BCUT2D eigenvalue weighted by Gasteiger charge is 2.03. The van der Waals surface area contributed by atoms with Gasteiger partial charge in [-0.15, -0.1) is 11.3 Å². The van der Waals surface area contributed by atoms with Crippen LogP contribution in [0.3, 0.4) is 0 Å². The van der Waals surface area contributed by atoms with E-state index in [1.54, 1.807) is 11.3 Å². The van der Waals surface area contributed by atoms with Gasteiger partial charge in [-0.05, 0) is 26.0 Å². The molecule has 1 amide bonds. The van der Waals surface area contributed by atoms with Crippen molar-refractivity contribution < 1.29 is 4.79 Å². The van der Waals surface area contributed by atoms with Gasteiger partial charge in [-0.2, -0.15) is 0 Å². The second-order valence-electron chi connectivity index (χ2n) is 4.36. The number of amides is 1. The molecule has 0 bridgehead atoms. The number of hydrogen-bond donors (Lipinski definition) is 2. The topological polar surface area (TPSA) is 54.0 Å². The Morgan fingerprint density at radius 1 is 1.26 bits per heavy atom. The summed E-state index contributed by atoms with van der Waals surface area (Å²) < 4.78 is 0. The average molecular weight is 275 g/mol. The van der Waals surface area contributed by atoms with Gasteiger partial charge >= 0.3 is 0 Å². The number of hydrogen-bond acceptors (Lipinski definition) is 4. The summed E-state index contributed by atoms with van der Waals surface area (Å²) in [5, 5.41) is 6.99. The number of nitrogens with one attached hydrogen (secondary N) is 2. The maximum absolute atomic E-state index is 11.7. The second kappa shape index (κ2) is 6.45. The lowest BCUT2D eigenvalue weighted by Gasteiger charge is -2.06. The van der Waals surface area contributed by atoms with Gasteiger partial charge in [-0.25, -0.2) is 4.98 Å². The van der Waals surface area contributed by atoms with Crippen LogP contribution >= 0.6 is 11.3 Å². The molecule has 0 radical (unpaired) electrons. The lowest BCUT2D eigenvalue weighted by Crippen LogP contribution is -2.27. The first-order valence-electron chi connectivity index (χ1n) is 6.12. The van der Waals surface area contributed by atoms with Gasteiger partial charge in [0.05, 0.1) is 11.6 Å². The number of aromatic nitrogens is 1. The summed E-state index contributed by atoms with van der Waals surface area (Å²) in [7, 11) is 0. The van der Waals surface area contributed by atoms with Crippen molar-refractivity contribution in [1.82, 2.24) is 10.3 Å². The van der Waals surface area contributed by atoms with Crippen LogP contribution in [0, 0.1) is 13.8 Å². The van der Waals surface area contributed by atoms with E-state index in [1.165, 1.54) is 5.56 Å². The Bertz CT molecular complexity index is 548. The second-order valence-corrected chi connectivity index (χ2v) is 5.68. The summed E-state index contributed by atoms with van der Waals surface area (Å²) in [5.41, 5.74) is 2.00. The predicted molar refractivity (Wildman–Crippen MR) is 78.4 cm³/mol. The van der Waals surface area contributed by atoms with Crippen LogP contribution in [0.5, 0.6) is 0 Å². The molecule has 0 saturated carbocycles. The zero-order chi connectivity index (χ0) is 13.7. The molecule has 0 aliphatic heterocycles. The minimum Gasteiger partial charge on any atom is -0.325 e. The number of rotatable bonds is 5. The molecule has 1 aromatic carbocycles. The monoisotopic (exact) mass is 275 g/mol. The van der Waals surface area contributed by atoms with Crippen molar-refractivity contribution in [1.29, 1.82) is 0 Å². The van der Waals surface area contributed by atoms with E-state index in [0.29, 0.717) is 13.1 Å². The minimum absolute atomic E-state index is 0.0370. The summed E-state index contributed by atoms with van der Waals surface area (Å²) >= 11 is 1.64. The Morgan fingerprint density at radius 3 is 2.63 bits per heavy atom. The molecule has 19 heavy (non-hydrogen) atoms. The molecule has 0 aliphatic rings. The third-order valence-electron chi connectivity index (χ3n) is 2.59. The number of aryl methyl sites for hydroxylation is 2. The maximum Gasteiger partial charge on any atom is 0.238 e. The summed E-state index contributed by atoms with van der Waals surface area (Å²) in [5.74, 6) is -0.0370. The molecule has 2 rings (SSSR count). The van der Waals surface area contributed by atoms with Crippen LogP contribution in [0.2, 0.25) is 0 Å². The average Bonchev–Trinajstić information content (AvgIpc) is 2.78. The summed E-state index contributed by atoms with van der Waals surface area (Å²) in [6.07, 6.45) is 1.84. The van der Waals surface area contributed by atoms with Gasteiger partial charge in [0.1, 0.15) is 0 Å². The molecule has 0 spiro atoms. The van der Waals surface area contributed by atoms with Crippen molar-refractivity contribution in [2.45, 2.75) is 20.4 Å². The molecule has 0 atom stereocenters. The first kappa shape index (κ1) is 13.7. The van der Waals surface area contributed by atoms with E-state index in [2.05, 4.69) is 15.6 Å². The highest BCUT2D eigenvalue weighted by atomic mass is 32.1. The third-order valence-corrected chi connectivity index (χ3v) is 3.50. The number of nitrogens with zero attached hydrogens (tertiary/aromatic N) is 1. The molecule has 5 heteroatoms. The fraction of sp³-hybridized carbons (Fsp3) is 0.286. The Morgan fingerprint density at radius 2 is 2.00 bits per heavy atom. The zero-order valence-electron chi connectivity index (χ0n) is 11.1. The molecule has 100 valence electrons. The summed E-state index contributed by atoms with van der Waals surface area (Å²) in [4.78, 5) is 17.0. The van der Waals surface area contributed by atoms with Crippen molar-refractivity contribution in [2.75, 3.05) is 11.9 Å². The zero-order valence-corrected chi connectivity index (χ0v) is 11.9. The number of thiazole rings is 1. The van der Waals surface area contributed by atoms with Crippen LogP contribution in [-0.4, -0.2) is 17.4 Å². The number of carbonyl (C=O) groups is 1. The summed E-state index contributed by atoms with van der Waals surface area (Å²) in [6.45, 7) is 4.96. The van der Waals surface area contributed by atoms with Crippen molar-refractivity contribution in [2.24, 2.45) is 0 Å². The SMILES string of the molecule is Cc1ccc(NC(=O)CNCc2cnc(C)s2)cc1. The molecule has 2 N–H and O–H groups in total. The van der Waals surface area contributed by atoms with E-state index in [4.69, 9.17) is 0 Å². The van der Waals surface area contributed by atoms with Crippen molar-refractivity contribution in [3.63, 3.8) is 0 Å². The molecule has 0 unspecified atom stereocenters. The molecular formula is C14H17N3OS. The van der Waals surface area contributed by atoms with Crippen LogP contribution in [0.1, 0.15) is 15.4 Å². The fourth-order valence-electron chi connectivity index (χ4n) is 1.63. The first-order valence-corrected chi connectivity index (χ1v) is 6.93. The highest BCUT2D eigenvalue weighted by molar-refractivity contribution is 7.11. The molecule has 0 saturated heterocycles. The van der Waals surface area contributed by atoms with Crippen LogP contribution < -0.4 is 10.6 Å². The van der Waals surface area contributed by atoms with Gasteiger partial charge in [0, 0.05) is 23.3 Å². The third kappa shape index (κ3) is 4.46. The molecule has 0 fully saturated rings.